The van der Waals surface area contributed by atoms with E-state index in [9.17, 15) is 31.4 Å². The highest BCUT2D eigenvalue weighted by atomic mass is 19.4. The molecule has 3 aromatic heterocycles. The smallest absolute Gasteiger partial charge is 0.393 e. The molecule has 4 aromatic rings. The van der Waals surface area contributed by atoms with E-state index in [0.29, 0.717) is 17.1 Å². The van der Waals surface area contributed by atoms with Gasteiger partial charge in [0.1, 0.15) is 23.9 Å². The topological polar surface area (TPSA) is 104 Å². The first kappa shape index (κ1) is 24.3. The van der Waals surface area contributed by atoms with Crippen LogP contribution in [-0.2, 0) is 12.4 Å². The second kappa shape index (κ2) is 9.07. The lowest BCUT2D eigenvalue weighted by molar-refractivity contribution is -0.138. The van der Waals surface area contributed by atoms with E-state index in [1.54, 1.807) is 0 Å². The summed E-state index contributed by atoms with van der Waals surface area (Å²) < 4.78 is 79.4. The maximum Gasteiger partial charge on any atom is 0.418 e. The van der Waals surface area contributed by atoms with Crippen LogP contribution in [0.25, 0.3) is 22.4 Å². The molecule has 35 heavy (non-hydrogen) atoms. The van der Waals surface area contributed by atoms with Crippen LogP contribution in [0.3, 0.4) is 0 Å². The van der Waals surface area contributed by atoms with Crippen molar-refractivity contribution < 1.29 is 36.6 Å². The van der Waals surface area contributed by atoms with Crippen LogP contribution in [-0.4, -0.2) is 36.8 Å². The molecule has 0 fully saturated rings. The normalized spacial score (nSPS) is 13.1. The largest absolute Gasteiger partial charge is 0.418 e. The van der Waals surface area contributed by atoms with Crippen LogP contribution < -0.4 is 5.32 Å². The van der Waals surface area contributed by atoms with Gasteiger partial charge in [0.25, 0.3) is 0 Å². The van der Waals surface area contributed by atoms with Crippen LogP contribution in [0, 0.1) is 0 Å². The van der Waals surface area contributed by atoms with Crippen LogP contribution in [0.2, 0.25) is 0 Å². The number of hydrogen-bond acceptors (Lipinski definition) is 7. The lowest BCUT2D eigenvalue weighted by atomic mass is 10.0. The maximum absolute atomic E-state index is 13.7. The molecule has 3 N–H and O–H groups in total. The maximum atomic E-state index is 13.7. The molecule has 0 radical (unpaired) electrons. The molecule has 0 unspecified atom stereocenters. The summed E-state index contributed by atoms with van der Waals surface area (Å²) in [6.07, 6.45) is -8.74. The Morgan fingerprint density at radius 1 is 0.886 bits per heavy atom. The Labute approximate surface area is 193 Å². The minimum Gasteiger partial charge on any atom is -0.393 e. The van der Waals surface area contributed by atoms with E-state index in [2.05, 4.69) is 25.3 Å². The SMILES string of the molecule is OC[C@@H](O)c1cnc(-c2ccc3c(Nc4ccc(C(F)(F)F)cc4)ncnc3n2)c(C(F)(F)F)c1. The van der Waals surface area contributed by atoms with Crippen LogP contribution in [0.15, 0.2) is 55.0 Å². The average molecular weight is 495 g/mol. The first-order valence-electron chi connectivity index (χ1n) is 9.90. The molecule has 0 aliphatic heterocycles. The summed E-state index contributed by atoms with van der Waals surface area (Å²) in [5.41, 5.74) is -2.56. The van der Waals surface area contributed by atoms with E-state index in [0.717, 1.165) is 24.7 Å². The minimum absolute atomic E-state index is 0.0151. The summed E-state index contributed by atoms with van der Waals surface area (Å²) in [7, 11) is 0. The van der Waals surface area contributed by atoms with Crippen molar-refractivity contribution in [3.05, 3.63) is 71.7 Å². The van der Waals surface area contributed by atoms with Crippen LogP contribution in [0.1, 0.15) is 22.8 Å². The standard InChI is InChI=1S/C22H15F6N5O2/c23-21(24,25)12-1-3-13(4-2-12)32-19-14-5-6-16(33-20(14)31-10-30-19)18-15(22(26,27)28)7-11(8-29-18)17(35)9-34/h1-8,10,17,34-35H,9H2,(H,30,31,32,33)/t17-/m1/s1. The summed E-state index contributed by atoms with van der Waals surface area (Å²) in [4.78, 5) is 16.0. The lowest BCUT2D eigenvalue weighted by Crippen LogP contribution is -2.12. The Morgan fingerprint density at radius 3 is 2.23 bits per heavy atom. The third-order valence-corrected chi connectivity index (χ3v) is 4.99. The second-order valence-corrected chi connectivity index (χ2v) is 7.35. The Kier molecular flexibility index (Phi) is 6.30. The zero-order valence-electron chi connectivity index (χ0n) is 17.4. The Hall–Kier alpha value is -3.84. The molecule has 0 bridgehead atoms. The predicted molar refractivity (Wildman–Crippen MR) is 112 cm³/mol. The number of halogens is 6. The first-order valence-corrected chi connectivity index (χ1v) is 9.90. The fourth-order valence-electron chi connectivity index (χ4n) is 3.24. The van der Waals surface area contributed by atoms with E-state index >= 15 is 0 Å². The second-order valence-electron chi connectivity index (χ2n) is 7.35. The van der Waals surface area contributed by atoms with E-state index < -0.39 is 41.9 Å². The van der Waals surface area contributed by atoms with Gasteiger partial charge < -0.3 is 15.5 Å². The molecule has 7 nitrogen and oxygen atoms in total. The van der Waals surface area contributed by atoms with Crippen molar-refractivity contribution in [1.82, 2.24) is 19.9 Å². The molecule has 13 heteroatoms. The molecular weight excluding hydrogens is 480 g/mol. The van der Waals surface area contributed by atoms with Gasteiger partial charge in [0.05, 0.1) is 28.8 Å². The zero-order valence-corrected chi connectivity index (χ0v) is 17.4. The van der Waals surface area contributed by atoms with E-state index in [4.69, 9.17) is 5.11 Å². The fourth-order valence-corrected chi connectivity index (χ4v) is 3.24. The quantitative estimate of drug-likeness (QED) is 0.339. The van der Waals surface area contributed by atoms with Crippen LogP contribution in [0.4, 0.5) is 37.8 Å². The number of pyridine rings is 2. The highest BCUT2D eigenvalue weighted by Gasteiger charge is 2.36. The van der Waals surface area contributed by atoms with Gasteiger partial charge in [0.15, 0.2) is 5.65 Å². The number of alkyl halides is 6. The van der Waals surface area contributed by atoms with Crippen molar-refractivity contribution in [2.24, 2.45) is 0 Å². The van der Waals surface area contributed by atoms with Gasteiger partial charge in [0, 0.05) is 17.4 Å². The van der Waals surface area contributed by atoms with Gasteiger partial charge in [-0.3, -0.25) is 4.98 Å². The van der Waals surface area contributed by atoms with Crippen molar-refractivity contribution in [3.8, 4) is 11.4 Å². The average Bonchev–Trinajstić information content (AvgIpc) is 2.82. The van der Waals surface area contributed by atoms with Crippen molar-refractivity contribution in [2.45, 2.75) is 18.5 Å². The number of aliphatic hydroxyl groups excluding tert-OH is 2. The zero-order chi connectivity index (χ0) is 25.4. The summed E-state index contributed by atoms with van der Waals surface area (Å²) in [5, 5.41) is 21.8. The lowest BCUT2D eigenvalue weighted by Gasteiger charge is -2.15. The predicted octanol–water partition coefficient (Wildman–Crippen LogP) is 4.89. The van der Waals surface area contributed by atoms with Gasteiger partial charge in [-0.15, -0.1) is 0 Å². The molecule has 4 rings (SSSR count). The molecule has 0 aliphatic carbocycles. The summed E-state index contributed by atoms with van der Waals surface area (Å²) in [6, 6.07) is 7.56. The Balaban J connectivity index is 1.72. The van der Waals surface area contributed by atoms with E-state index in [1.165, 1.54) is 24.3 Å². The Morgan fingerprint density at radius 2 is 1.60 bits per heavy atom. The highest BCUT2D eigenvalue weighted by molar-refractivity contribution is 5.89. The van der Waals surface area contributed by atoms with Gasteiger partial charge in [0.2, 0.25) is 0 Å². The molecule has 3 heterocycles. The van der Waals surface area contributed by atoms with Gasteiger partial charge in [-0.25, -0.2) is 15.0 Å². The molecular formula is C22H15F6N5O2. The number of nitrogens with zero attached hydrogens (tertiary/aromatic N) is 4. The van der Waals surface area contributed by atoms with Gasteiger partial charge in [-0.05, 0) is 42.5 Å². The Bertz CT molecular complexity index is 1360. The van der Waals surface area contributed by atoms with Crippen molar-refractivity contribution in [3.63, 3.8) is 0 Å². The van der Waals surface area contributed by atoms with Crippen LogP contribution >= 0.6 is 0 Å². The number of fused-ring (bicyclic) bond motifs is 1. The fraction of sp³-hybridized carbons (Fsp3) is 0.182. The van der Waals surface area contributed by atoms with E-state index in [1.807, 2.05) is 0 Å². The monoisotopic (exact) mass is 495 g/mol. The number of nitrogens with one attached hydrogen (secondary N) is 1. The number of rotatable bonds is 5. The van der Waals surface area contributed by atoms with Crippen molar-refractivity contribution >= 4 is 22.5 Å². The van der Waals surface area contributed by atoms with Gasteiger partial charge in [-0.2, -0.15) is 26.3 Å². The summed E-state index contributed by atoms with van der Waals surface area (Å²) in [6.45, 7) is -0.780. The van der Waals surface area contributed by atoms with Gasteiger partial charge in [-0.1, -0.05) is 0 Å². The third kappa shape index (κ3) is 5.15. The first-order chi connectivity index (χ1) is 16.5. The van der Waals surface area contributed by atoms with E-state index in [-0.39, 0.29) is 22.7 Å². The molecule has 182 valence electrons. The molecule has 0 amide bonds. The van der Waals surface area contributed by atoms with Gasteiger partial charge >= 0.3 is 12.4 Å². The summed E-state index contributed by atoms with van der Waals surface area (Å²) >= 11 is 0. The molecule has 0 saturated heterocycles. The number of benzene rings is 1. The number of hydrogen-bond donors (Lipinski definition) is 3. The molecule has 1 atom stereocenters. The number of aliphatic hydroxyl groups is 2. The molecule has 0 aliphatic rings. The number of aromatic nitrogens is 4. The minimum atomic E-state index is -4.83. The number of anilines is 2. The summed E-state index contributed by atoms with van der Waals surface area (Å²) in [5.74, 6) is 0.180. The molecule has 0 spiro atoms. The van der Waals surface area contributed by atoms with Crippen molar-refractivity contribution in [1.29, 1.82) is 0 Å². The molecule has 1 aromatic carbocycles. The van der Waals surface area contributed by atoms with Crippen molar-refractivity contribution in [2.75, 3.05) is 11.9 Å². The third-order valence-electron chi connectivity index (χ3n) is 4.99. The van der Waals surface area contributed by atoms with Crippen LogP contribution in [0.5, 0.6) is 0 Å². The highest BCUT2D eigenvalue weighted by Crippen LogP contribution is 2.37. The molecule has 0 saturated carbocycles.